The molecule has 0 fully saturated rings. The number of hydrogen-bond donors (Lipinski definition) is 4. The Morgan fingerprint density at radius 1 is 0.885 bits per heavy atom. The Morgan fingerprint density at radius 2 is 1.50 bits per heavy atom. The van der Waals surface area contributed by atoms with E-state index in [0.717, 1.165) is 6.07 Å². The standard InChI is InChI=1S/C29H21N9O10S2.2Na/c1-48-23-12-19(37-36-18-7-4-16-10-20(49(42,43)44)13-24(21(16)11-18)50(45,46)47)8-9-22(23)32-26(39)15-2-5-17(6-3-15)35-38-25-27(40)33-29(31-14-30)34-28(25)41;;/h2-13H,1H3,(H,32,39)(H,42,43,44)(H,45,46,47)(H3,31,33,34,40,41);;/q;2*+1/p-2. The molecule has 0 aliphatic carbocycles. The smallest absolute Gasteiger partial charge is 0.744 e. The molecule has 23 heteroatoms. The number of H-pyrrole nitrogens is 1. The Morgan fingerprint density at radius 3 is 2.10 bits per heavy atom. The van der Waals surface area contributed by atoms with Gasteiger partial charge in [0.05, 0.1) is 39.7 Å². The second-order valence-electron chi connectivity index (χ2n) is 9.84. The molecule has 0 aliphatic heterocycles. The van der Waals surface area contributed by atoms with E-state index >= 15 is 0 Å². The number of nitriles is 1. The second-order valence-corrected chi connectivity index (χ2v) is 12.6. The van der Waals surface area contributed by atoms with Gasteiger partial charge >= 0.3 is 59.1 Å². The molecule has 0 saturated heterocycles. The van der Waals surface area contributed by atoms with Gasteiger partial charge in [-0.15, -0.1) is 5.11 Å². The number of hydrogen-bond acceptors (Lipinski definition) is 17. The molecule has 0 atom stereocenters. The van der Waals surface area contributed by atoms with E-state index < -0.39 is 53.1 Å². The zero-order valence-electron chi connectivity index (χ0n) is 27.0. The van der Waals surface area contributed by atoms with Crippen LogP contribution in [0.5, 0.6) is 11.6 Å². The molecule has 0 saturated carbocycles. The maximum Gasteiger partial charge on any atom is 1.00 e. The Hall–Kier alpha value is -4.60. The van der Waals surface area contributed by atoms with E-state index in [1.54, 1.807) is 6.19 Å². The van der Waals surface area contributed by atoms with Crippen LogP contribution >= 0.6 is 0 Å². The maximum absolute atomic E-state index is 12.9. The number of benzene rings is 4. The van der Waals surface area contributed by atoms with Gasteiger partial charge in [-0.05, 0) is 66.0 Å². The SMILES string of the molecule is COc1cc(N=Nc2ccc3cc(S(=O)(=O)[O-])cc(S(=O)(=O)[O-])c3c2)ccc1NC(=O)c1ccc(N=Nc2c(O)nc(NC#N)[nH]c2=O)cc1.[Na+].[Na+]. The summed E-state index contributed by atoms with van der Waals surface area (Å²) < 4.78 is 75.2. The molecule has 19 nitrogen and oxygen atoms in total. The summed E-state index contributed by atoms with van der Waals surface area (Å²) in [5, 5.41) is 38.7. The molecule has 1 aromatic heterocycles. The van der Waals surface area contributed by atoms with Gasteiger partial charge in [0.25, 0.3) is 11.5 Å². The first kappa shape index (κ1) is 41.8. The van der Waals surface area contributed by atoms with Crippen molar-refractivity contribution in [3.8, 4) is 17.8 Å². The molecule has 0 spiro atoms. The molecule has 1 amide bonds. The van der Waals surface area contributed by atoms with Crippen molar-refractivity contribution in [1.82, 2.24) is 9.97 Å². The topological polar surface area (TPSA) is 304 Å². The molecule has 0 radical (unpaired) electrons. The van der Waals surface area contributed by atoms with Crippen LogP contribution in [-0.4, -0.2) is 54.0 Å². The minimum absolute atomic E-state index is 0. The fourth-order valence-corrected chi connectivity index (χ4v) is 5.62. The van der Waals surface area contributed by atoms with Crippen LogP contribution in [0.15, 0.2) is 108 Å². The number of anilines is 2. The average Bonchev–Trinajstić information content (AvgIpc) is 3.06. The molecule has 52 heavy (non-hydrogen) atoms. The van der Waals surface area contributed by atoms with Gasteiger partial charge in [0.1, 0.15) is 26.0 Å². The summed E-state index contributed by atoms with van der Waals surface area (Å²) in [4.78, 5) is 29.0. The van der Waals surface area contributed by atoms with Crippen molar-refractivity contribution < 1.29 is 99.7 Å². The molecule has 0 bridgehead atoms. The van der Waals surface area contributed by atoms with Gasteiger partial charge in [-0.25, -0.2) is 16.8 Å². The molecule has 4 aromatic carbocycles. The number of nitrogens with one attached hydrogen (secondary N) is 3. The minimum atomic E-state index is -5.18. The number of ether oxygens (including phenoxy) is 1. The number of aromatic amines is 1. The summed E-state index contributed by atoms with van der Waals surface area (Å²) in [7, 11) is -8.88. The minimum Gasteiger partial charge on any atom is -0.744 e. The van der Waals surface area contributed by atoms with E-state index in [1.807, 2.05) is 0 Å². The van der Waals surface area contributed by atoms with Crippen LogP contribution < -0.4 is 80.0 Å². The number of carbonyl (C=O) groups excluding carboxylic acids is 1. The van der Waals surface area contributed by atoms with Crippen molar-refractivity contribution >= 4 is 71.3 Å². The van der Waals surface area contributed by atoms with Gasteiger partial charge in [-0.1, -0.05) is 6.07 Å². The fraction of sp³-hybridized carbons (Fsp3) is 0.0345. The van der Waals surface area contributed by atoms with Crippen molar-refractivity contribution in [3.05, 3.63) is 88.7 Å². The van der Waals surface area contributed by atoms with Gasteiger partial charge < -0.3 is 24.3 Å². The van der Waals surface area contributed by atoms with Gasteiger partial charge in [0.2, 0.25) is 17.5 Å². The van der Waals surface area contributed by atoms with E-state index in [0.29, 0.717) is 6.07 Å². The number of methoxy groups -OCH3 is 1. The third-order valence-corrected chi connectivity index (χ3v) is 8.28. The molecule has 1 heterocycles. The zero-order valence-corrected chi connectivity index (χ0v) is 32.7. The van der Waals surface area contributed by atoms with Crippen LogP contribution in [0.25, 0.3) is 10.8 Å². The van der Waals surface area contributed by atoms with E-state index in [9.17, 15) is 40.6 Å². The Labute approximate surface area is 338 Å². The third kappa shape index (κ3) is 10.0. The predicted molar refractivity (Wildman–Crippen MR) is 171 cm³/mol. The molecule has 5 aromatic rings. The number of nitrogens with zero attached hydrogens (tertiary/aromatic N) is 6. The zero-order chi connectivity index (χ0) is 36.2. The van der Waals surface area contributed by atoms with E-state index in [4.69, 9.17) is 10.00 Å². The number of aromatic nitrogens is 2. The van der Waals surface area contributed by atoms with Crippen LogP contribution in [-0.2, 0) is 20.2 Å². The number of aromatic hydroxyl groups is 1. The molecular formula is C29H19N9Na2O10S2. The first-order chi connectivity index (χ1) is 23.7. The number of rotatable bonds is 10. The fourth-order valence-electron chi connectivity index (χ4n) is 4.30. The van der Waals surface area contributed by atoms with Crippen molar-refractivity contribution in [3.63, 3.8) is 0 Å². The maximum atomic E-state index is 12.9. The number of amides is 1. The van der Waals surface area contributed by atoms with Crippen LogP contribution in [0.1, 0.15) is 10.4 Å². The van der Waals surface area contributed by atoms with Crippen LogP contribution in [0, 0.1) is 11.5 Å². The molecule has 4 N–H and O–H groups in total. The molecule has 0 aliphatic rings. The Balaban J connectivity index is 0.00000364. The summed E-state index contributed by atoms with van der Waals surface area (Å²) in [6, 6.07) is 15.4. The van der Waals surface area contributed by atoms with E-state index in [2.05, 4.69) is 41.1 Å². The van der Waals surface area contributed by atoms with Crippen molar-refractivity contribution in [1.29, 1.82) is 5.26 Å². The Bertz CT molecular complexity index is 2560. The van der Waals surface area contributed by atoms with Gasteiger partial charge in [-0.2, -0.15) is 25.6 Å². The Kier molecular flexibility index (Phi) is 13.9. The van der Waals surface area contributed by atoms with E-state index in [1.165, 1.54) is 67.8 Å². The number of fused-ring (bicyclic) bond motifs is 1. The molecule has 5 rings (SSSR count). The van der Waals surface area contributed by atoms with Crippen LogP contribution in [0.2, 0.25) is 0 Å². The summed E-state index contributed by atoms with van der Waals surface area (Å²) in [6.07, 6.45) is 1.54. The van der Waals surface area contributed by atoms with Gasteiger partial charge in [-0.3, -0.25) is 19.9 Å². The third-order valence-electron chi connectivity index (χ3n) is 6.59. The van der Waals surface area contributed by atoms with Gasteiger partial charge in [0.15, 0.2) is 6.19 Å². The quantitative estimate of drug-likeness (QED) is 0.0411. The molecular weight excluding hydrogens is 744 g/mol. The second kappa shape index (κ2) is 17.3. The van der Waals surface area contributed by atoms with Crippen LogP contribution in [0.3, 0.4) is 0 Å². The largest absolute Gasteiger partial charge is 1.00 e. The predicted octanol–water partition coefficient (Wildman–Crippen LogP) is -1.57. The first-order valence-electron chi connectivity index (χ1n) is 13.6. The summed E-state index contributed by atoms with van der Waals surface area (Å²) in [5.41, 5.74) is -0.322. The van der Waals surface area contributed by atoms with Crippen LogP contribution in [0.4, 0.5) is 34.4 Å². The van der Waals surface area contributed by atoms with Crippen molar-refractivity contribution in [2.75, 3.05) is 17.7 Å². The normalized spacial score (nSPS) is 11.4. The van der Waals surface area contributed by atoms with Gasteiger partial charge in [0, 0.05) is 17.0 Å². The first-order valence-corrected chi connectivity index (χ1v) is 16.4. The summed E-state index contributed by atoms with van der Waals surface area (Å²) >= 11 is 0. The average molecular weight is 764 g/mol. The monoisotopic (exact) mass is 763 g/mol. The van der Waals surface area contributed by atoms with Crippen molar-refractivity contribution in [2.45, 2.75) is 9.79 Å². The van der Waals surface area contributed by atoms with Crippen molar-refractivity contribution in [2.24, 2.45) is 20.5 Å². The molecule has 254 valence electrons. The number of carbonyl (C=O) groups is 1. The summed E-state index contributed by atoms with van der Waals surface area (Å²) in [6.45, 7) is 0. The number of azo groups is 2. The van der Waals surface area contributed by atoms with E-state index in [-0.39, 0.29) is 110 Å². The molecule has 0 unspecified atom stereocenters. The summed E-state index contributed by atoms with van der Waals surface area (Å²) in [5.74, 6) is -1.38.